The lowest BCUT2D eigenvalue weighted by Crippen LogP contribution is -2.36. The van der Waals surface area contributed by atoms with Crippen LogP contribution in [0.4, 0.5) is 16.2 Å². The predicted octanol–water partition coefficient (Wildman–Crippen LogP) is 4.23. The second-order valence-corrected chi connectivity index (χ2v) is 14.3. The molecule has 3 heterocycles. The second-order valence-electron chi connectivity index (χ2n) is 13.1. The van der Waals surface area contributed by atoms with Crippen molar-refractivity contribution < 1.29 is 38.2 Å². The van der Waals surface area contributed by atoms with Crippen molar-refractivity contribution >= 4 is 64.0 Å². The number of rotatable bonds is 20. The van der Waals surface area contributed by atoms with E-state index >= 15 is 0 Å². The maximum Gasteiger partial charge on any atom is 0.349 e. The molecular weight excluding hydrogens is 727 g/mol. The van der Waals surface area contributed by atoms with E-state index in [1.807, 2.05) is 37.7 Å². The fourth-order valence-electron chi connectivity index (χ4n) is 6.43. The summed E-state index contributed by atoms with van der Waals surface area (Å²) < 4.78 is 16.2. The first kappa shape index (κ1) is 41.1. The Morgan fingerprint density at radius 1 is 1.02 bits per heavy atom. The number of esters is 1. The number of nitrogens with one attached hydrogen (secondary N) is 4. The standard InChI is InChI=1S/C40H49N5O9S/c1-3-45(4-2)30-16-13-28-23-31(39(50)54-33(28)24-30)37(48)41-18-20-52-21-22-53-38(49)27(17-19-46)12-9-26-10-14-29(15-11-26)42-35(47)8-6-5-7-34-36-32(25-55-34)43-40(51)44-36/h9-17,23-24,32,34,36,46H,3-8,18-22,25H2,1-2H3,(H,41,48)(H,42,47)(H2,43,44,51)/t32-,34-,36-/m0/s1. The van der Waals surface area contributed by atoms with Crippen LogP contribution in [0.15, 0.2) is 75.5 Å². The minimum absolute atomic E-state index is 0.0578. The van der Waals surface area contributed by atoms with Crippen molar-refractivity contribution in [1.29, 1.82) is 0 Å². The Labute approximate surface area is 324 Å². The quantitative estimate of drug-likeness (QED) is 0.0276. The topological polar surface area (TPSA) is 189 Å². The summed E-state index contributed by atoms with van der Waals surface area (Å²) >= 11 is 1.87. The molecule has 294 valence electrons. The molecule has 0 unspecified atom stereocenters. The SMILES string of the molecule is CCN(CC)c1ccc2cc(C(=O)NCCOCCOC(=O)C(C=Cc3ccc(NC(=O)CCCC[C@@H]4SC[C@@H]5NC(=O)N[C@@H]54)cc3)=CCO)c(=O)oc2c1. The second kappa shape index (κ2) is 20.5. The fourth-order valence-corrected chi connectivity index (χ4v) is 7.98. The van der Waals surface area contributed by atoms with Gasteiger partial charge in [-0.25, -0.2) is 14.4 Å². The fraction of sp³-hybridized carbons (Fsp3) is 0.425. The van der Waals surface area contributed by atoms with Crippen LogP contribution >= 0.6 is 11.8 Å². The number of nitrogens with zero attached hydrogens (tertiary/aromatic N) is 1. The number of ether oxygens (including phenoxy) is 2. The number of aliphatic hydroxyl groups excluding tert-OH is 1. The zero-order valence-electron chi connectivity index (χ0n) is 31.1. The van der Waals surface area contributed by atoms with Gasteiger partial charge in [-0.3, -0.25) is 9.59 Å². The number of unbranched alkanes of at least 4 members (excludes halogenated alkanes) is 1. The van der Waals surface area contributed by atoms with Gasteiger partial charge < -0.3 is 45.2 Å². The summed E-state index contributed by atoms with van der Waals surface area (Å²) in [6.07, 6.45) is 7.58. The highest BCUT2D eigenvalue weighted by Gasteiger charge is 2.42. The van der Waals surface area contributed by atoms with Crippen LogP contribution in [0, 0.1) is 0 Å². The average molecular weight is 776 g/mol. The zero-order chi connectivity index (χ0) is 39.2. The molecule has 2 aromatic carbocycles. The van der Waals surface area contributed by atoms with E-state index in [0.29, 0.717) is 28.3 Å². The first-order valence-corrected chi connectivity index (χ1v) is 19.7. The third-order valence-electron chi connectivity index (χ3n) is 9.36. The summed E-state index contributed by atoms with van der Waals surface area (Å²) in [7, 11) is 0. The summed E-state index contributed by atoms with van der Waals surface area (Å²) in [5, 5.41) is 21.9. The molecule has 2 aliphatic heterocycles. The van der Waals surface area contributed by atoms with E-state index in [2.05, 4.69) is 26.2 Å². The summed E-state index contributed by atoms with van der Waals surface area (Å²) in [5.41, 5.74) is 2.09. The Balaban J connectivity index is 0.966. The average Bonchev–Trinajstić information content (AvgIpc) is 3.74. The molecule has 5 rings (SSSR count). The minimum Gasteiger partial charge on any atom is -0.460 e. The Morgan fingerprint density at radius 3 is 2.58 bits per heavy atom. The minimum atomic E-state index is -0.730. The molecule has 3 atom stereocenters. The van der Waals surface area contributed by atoms with Crippen molar-refractivity contribution in [3.63, 3.8) is 0 Å². The Kier molecular flexibility index (Phi) is 15.3. The van der Waals surface area contributed by atoms with Gasteiger partial charge in [-0.2, -0.15) is 11.8 Å². The summed E-state index contributed by atoms with van der Waals surface area (Å²) in [4.78, 5) is 64.0. The van der Waals surface area contributed by atoms with E-state index in [1.54, 1.807) is 36.4 Å². The van der Waals surface area contributed by atoms with Crippen molar-refractivity contribution in [2.75, 3.05) is 62.0 Å². The number of thioether (sulfide) groups is 1. The van der Waals surface area contributed by atoms with Gasteiger partial charge in [0.1, 0.15) is 17.8 Å². The molecule has 4 amide bonds. The monoisotopic (exact) mass is 775 g/mol. The molecule has 55 heavy (non-hydrogen) atoms. The third kappa shape index (κ3) is 11.7. The molecule has 1 aromatic heterocycles. The van der Waals surface area contributed by atoms with Gasteiger partial charge in [0.25, 0.3) is 5.91 Å². The molecule has 3 aromatic rings. The van der Waals surface area contributed by atoms with Crippen LogP contribution in [-0.4, -0.2) is 98.1 Å². The number of carbonyl (C=O) groups excluding carboxylic acids is 4. The Bertz CT molecular complexity index is 1930. The maximum absolute atomic E-state index is 12.7. The zero-order valence-corrected chi connectivity index (χ0v) is 32.0. The van der Waals surface area contributed by atoms with Crippen LogP contribution in [0.3, 0.4) is 0 Å². The van der Waals surface area contributed by atoms with Gasteiger partial charge in [0.15, 0.2) is 0 Å². The van der Waals surface area contributed by atoms with Crippen molar-refractivity contribution in [2.45, 2.75) is 56.9 Å². The highest BCUT2D eigenvalue weighted by atomic mass is 32.2. The van der Waals surface area contributed by atoms with E-state index < -0.39 is 17.5 Å². The number of hydrogen-bond donors (Lipinski definition) is 5. The van der Waals surface area contributed by atoms with Gasteiger partial charge in [-0.1, -0.05) is 24.6 Å². The maximum atomic E-state index is 12.7. The largest absolute Gasteiger partial charge is 0.460 e. The Morgan fingerprint density at radius 2 is 1.82 bits per heavy atom. The van der Waals surface area contributed by atoms with Crippen molar-refractivity contribution in [1.82, 2.24) is 16.0 Å². The molecule has 2 saturated heterocycles. The van der Waals surface area contributed by atoms with E-state index in [0.717, 1.165) is 49.4 Å². The molecule has 0 saturated carbocycles. The smallest absolute Gasteiger partial charge is 0.349 e. The highest BCUT2D eigenvalue weighted by Crippen LogP contribution is 2.33. The Hall–Kier alpha value is -5.12. The number of anilines is 2. The van der Waals surface area contributed by atoms with Crippen LogP contribution in [0.25, 0.3) is 17.0 Å². The number of amides is 4. The van der Waals surface area contributed by atoms with Crippen molar-refractivity contribution in [2.24, 2.45) is 0 Å². The molecule has 0 spiro atoms. The van der Waals surface area contributed by atoms with Gasteiger partial charge in [0, 0.05) is 59.9 Å². The molecule has 15 heteroatoms. The van der Waals surface area contributed by atoms with E-state index in [9.17, 15) is 29.1 Å². The lowest BCUT2D eigenvalue weighted by molar-refractivity contribution is -0.140. The van der Waals surface area contributed by atoms with Crippen molar-refractivity contribution in [3.05, 3.63) is 87.8 Å². The number of urea groups is 1. The number of fused-ring (bicyclic) bond motifs is 2. The van der Waals surface area contributed by atoms with Crippen LogP contribution in [0.2, 0.25) is 0 Å². The number of hydrogen-bond acceptors (Lipinski definition) is 11. The first-order chi connectivity index (χ1) is 26.7. The number of benzene rings is 2. The van der Waals surface area contributed by atoms with Crippen LogP contribution in [-0.2, 0) is 19.1 Å². The lowest BCUT2D eigenvalue weighted by Gasteiger charge is -2.21. The lowest BCUT2D eigenvalue weighted by atomic mass is 10.0. The first-order valence-electron chi connectivity index (χ1n) is 18.6. The highest BCUT2D eigenvalue weighted by molar-refractivity contribution is 8.00. The van der Waals surface area contributed by atoms with Gasteiger partial charge in [0.2, 0.25) is 5.91 Å². The molecule has 0 radical (unpaired) electrons. The molecular formula is C40H49N5O9S. The van der Waals surface area contributed by atoms with Crippen LogP contribution in [0.1, 0.15) is 55.5 Å². The van der Waals surface area contributed by atoms with Crippen LogP contribution < -0.4 is 31.8 Å². The van der Waals surface area contributed by atoms with E-state index in [-0.39, 0.29) is 68.1 Å². The molecule has 0 bridgehead atoms. The normalized spacial score (nSPS) is 17.8. The van der Waals surface area contributed by atoms with Gasteiger partial charge in [-0.05, 0) is 74.7 Å². The molecule has 2 fully saturated rings. The molecule has 5 N–H and O–H groups in total. The van der Waals surface area contributed by atoms with Crippen molar-refractivity contribution in [3.8, 4) is 0 Å². The molecule has 2 aliphatic rings. The summed E-state index contributed by atoms with van der Waals surface area (Å²) in [6.45, 7) is 5.58. The van der Waals surface area contributed by atoms with Gasteiger partial charge in [0.05, 0.1) is 37.5 Å². The predicted molar refractivity (Wildman–Crippen MR) is 213 cm³/mol. The van der Waals surface area contributed by atoms with Crippen LogP contribution in [0.5, 0.6) is 0 Å². The number of aliphatic hydroxyl groups is 1. The van der Waals surface area contributed by atoms with E-state index in [1.165, 1.54) is 18.2 Å². The number of carbonyl (C=O) groups is 4. The van der Waals surface area contributed by atoms with E-state index in [4.69, 9.17) is 13.9 Å². The third-order valence-corrected chi connectivity index (χ3v) is 10.9. The van der Waals surface area contributed by atoms with Gasteiger partial charge in [-0.15, -0.1) is 0 Å². The van der Waals surface area contributed by atoms with Gasteiger partial charge >= 0.3 is 17.6 Å². The summed E-state index contributed by atoms with van der Waals surface area (Å²) in [6, 6.07) is 14.5. The molecule has 0 aliphatic carbocycles. The molecule has 14 nitrogen and oxygen atoms in total. The summed E-state index contributed by atoms with van der Waals surface area (Å²) in [5.74, 6) is -0.376.